The molecule has 0 nitrogen and oxygen atoms in total. The Kier molecular flexibility index (Phi) is 6.74. The first kappa shape index (κ1) is 20.5. The van der Waals surface area contributed by atoms with E-state index in [-0.39, 0.29) is 18.1 Å². The Hall–Kier alpha value is -0.850. The van der Waals surface area contributed by atoms with Gasteiger partial charge in [-0.05, 0) is 44.9 Å². The fraction of sp³-hybridized carbons (Fsp3) is 0.667. The fourth-order valence-corrected chi connectivity index (χ4v) is 4.60. The topological polar surface area (TPSA) is 0 Å². The van der Waals surface area contributed by atoms with Crippen molar-refractivity contribution in [3.05, 3.63) is 33.8 Å². The normalized spacial score (nSPS) is 22.8. The minimum Gasteiger partial charge on any atom is -0.166 e. The van der Waals surface area contributed by atoms with E-state index in [1.54, 1.807) is 0 Å². The lowest BCUT2D eigenvalue weighted by atomic mass is 9.95. The van der Waals surface area contributed by atoms with Crippen LogP contribution in [0.15, 0.2) is 33.8 Å². The zero-order valence-corrected chi connectivity index (χ0v) is 14.9. The number of allylic oxidation sites excluding steroid dienone is 5. The Bertz CT molecular complexity index is 565. The van der Waals surface area contributed by atoms with Crippen LogP contribution in [0.1, 0.15) is 58.3 Å². The Morgan fingerprint density at radius 1 is 1.04 bits per heavy atom. The molecule has 2 rings (SSSR count). The molecule has 0 aromatic heterocycles. The SMILES string of the molecule is CCCCC1=CCC(SC2=C(C(F)(F)F)CCC=C2C(F)(F)F)CC1. The van der Waals surface area contributed by atoms with Crippen LogP contribution in [0.4, 0.5) is 26.3 Å². The maximum Gasteiger partial charge on any atom is 0.417 e. The van der Waals surface area contributed by atoms with E-state index in [1.165, 1.54) is 5.57 Å². The molecule has 0 aromatic rings. The fourth-order valence-electron chi connectivity index (χ4n) is 3.15. The van der Waals surface area contributed by atoms with Gasteiger partial charge in [0, 0.05) is 15.7 Å². The van der Waals surface area contributed by atoms with E-state index in [2.05, 4.69) is 6.92 Å². The largest absolute Gasteiger partial charge is 0.417 e. The molecule has 0 bridgehead atoms. The summed E-state index contributed by atoms with van der Waals surface area (Å²) in [7, 11) is 0. The van der Waals surface area contributed by atoms with Crippen LogP contribution in [0.2, 0.25) is 0 Å². The third-order valence-electron chi connectivity index (χ3n) is 4.50. The highest BCUT2D eigenvalue weighted by atomic mass is 32.2. The summed E-state index contributed by atoms with van der Waals surface area (Å²) in [6, 6.07) is 0. The van der Waals surface area contributed by atoms with Crippen LogP contribution in [-0.2, 0) is 0 Å². The van der Waals surface area contributed by atoms with E-state index >= 15 is 0 Å². The summed E-state index contributed by atoms with van der Waals surface area (Å²) in [5.74, 6) is 0. The highest BCUT2D eigenvalue weighted by molar-refractivity contribution is 8.03. The summed E-state index contributed by atoms with van der Waals surface area (Å²) in [6.45, 7) is 2.08. The second-order valence-corrected chi connectivity index (χ2v) is 7.75. The summed E-state index contributed by atoms with van der Waals surface area (Å²) in [5.41, 5.74) is -0.858. The van der Waals surface area contributed by atoms with E-state index in [9.17, 15) is 26.3 Å². The van der Waals surface area contributed by atoms with Gasteiger partial charge in [-0.15, -0.1) is 11.8 Å². The van der Waals surface area contributed by atoms with Gasteiger partial charge in [-0.1, -0.05) is 31.1 Å². The third kappa shape index (κ3) is 5.56. The molecule has 1 unspecified atom stereocenters. The quantitative estimate of drug-likeness (QED) is 0.349. The molecule has 0 fully saturated rings. The van der Waals surface area contributed by atoms with E-state index in [1.807, 2.05) is 6.08 Å². The molecule has 0 aliphatic heterocycles. The van der Waals surface area contributed by atoms with Gasteiger partial charge in [0.1, 0.15) is 0 Å². The first-order valence-electron chi connectivity index (χ1n) is 8.55. The predicted molar refractivity (Wildman–Crippen MR) is 89.3 cm³/mol. The summed E-state index contributed by atoms with van der Waals surface area (Å²) in [6.07, 6.45) is -2.15. The van der Waals surface area contributed by atoms with Crippen molar-refractivity contribution < 1.29 is 26.3 Å². The van der Waals surface area contributed by atoms with Crippen LogP contribution in [0, 0.1) is 0 Å². The van der Waals surface area contributed by atoms with E-state index < -0.39 is 28.4 Å². The summed E-state index contributed by atoms with van der Waals surface area (Å²) in [5, 5.41) is -0.235. The van der Waals surface area contributed by atoms with Crippen molar-refractivity contribution in [2.24, 2.45) is 0 Å². The molecule has 0 amide bonds. The minimum atomic E-state index is -4.75. The smallest absolute Gasteiger partial charge is 0.166 e. The average molecular weight is 384 g/mol. The van der Waals surface area contributed by atoms with Gasteiger partial charge in [-0.3, -0.25) is 0 Å². The monoisotopic (exact) mass is 384 g/mol. The van der Waals surface area contributed by atoms with Gasteiger partial charge in [0.15, 0.2) is 0 Å². The summed E-state index contributed by atoms with van der Waals surface area (Å²) >= 11 is 0.764. The van der Waals surface area contributed by atoms with Crippen LogP contribution in [0.25, 0.3) is 0 Å². The number of rotatable bonds is 5. The first-order chi connectivity index (χ1) is 11.6. The van der Waals surface area contributed by atoms with E-state index in [4.69, 9.17) is 0 Å². The molecule has 25 heavy (non-hydrogen) atoms. The number of unbranched alkanes of at least 4 members (excludes halogenated alkanes) is 1. The van der Waals surface area contributed by atoms with Crippen LogP contribution in [0.5, 0.6) is 0 Å². The van der Waals surface area contributed by atoms with Gasteiger partial charge in [-0.25, -0.2) is 0 Å². The molecule has 0 spiro atoms. The molecule has 0 saturated heterocycles. The van der Waals surface area contributed by atoms with Gasteiger partial charge in [-0.2, -0.15) is 26.3 Å². The number of hydrogen-bond acceptors (Lipinski definition) is 1. The molecule has 0 aromatic carbocycles. The van der Waals surface area contributed by atoms with Gasteiger partial charge < -0.3 is 0 Å². The molecule has 0 N–H and O–H groups in total. The second-order valence-electron chi connectivity index (χ2n) is 6.44. The van der Waals surface area contributed by atoms with Crippen LogP contribution < -0.4 is 0 Å². The van der Waals surface area contributed by atoms with Gasteiger partial charge in [0.2, 0.25) is 0 Å². The number of thioether (sulfide) groups is 1. The van der Waals surface area contributed by atoms with Crippen molar-refractivity contribution in [3.8, 4) is 0 Å². The summed E-state index contributed by atoms with van der Waals surface area (Å²) < 4.78 is 79.3. The Balaban J connectivity index is 2.20. The van der Waals surface area contributed by atoms with Crippen LogP contribution in [-0.4, -0.2) is 17.6 Å². The predicted octanol–water partition coefficient (Wildman–Crippen LogP) is 7.49. The van der Waals surface area contributed by atoms with Gasteiger partial charge in [0.25, 0.3) is 0 Å². The van der Waals surface area contributed by atoms with E-state index in [0.717, 1.165) is 43.5 Å². The van der Waals surface area contributed by atoms with Crippen molar-refractivity contribution in [1.29, 1.82) is 0 Å². The number of halogens is 6. The molecule has 2 aliphatic rings. The zero-order valence-electron chi connectivity index (χ0n) is 14.1. The molecule has 7 heteroatoms. The van der Waals surface area contributed by atoms with Crippen molar-refractivity contribution in [2.45, 2.75) is 75.9 Å². The van der Waals surface area contributed by atoms with Gasteiger partial charge >= 0.3 is 12.4 Å². The highest BCUT2D eigenvalue weighted by Crippen LogP contribution is 2.49. The van der Waals surface area contributed by atoms with Crippen LogP contribution >= 0.6 is 11.8 Å². The molecule has 0 radical (unpaired) electrons. The van der Waals surface area contributed by atoms with Crippen molar-refractivity contribution in [2.75, 3.05) is 0 Å². The lowest BCUT2D eigenvalue weighted by Crippen LogP contribution is -2.23. The Labute approximate surface area is 148 Å². The molecular formula is C18H22F6S. The third-order valence-corrected chi connectivity index (χ3v) is 5.97. The standard InChI is InChI=1S/C18H22F6S/c1-2-3-5-12-8-10-13(11-9-12)25-16-14(17(19,20)21)6-4-7-15(16)18(22,23)24/h6,8,13H,2-5,7,9-11H2,1H3. The first-order valence-corrected chi connectivity index (χ1v) is 9.43. The molecule has 2 aliphatic carbocycles. The highest BCUT2D eigenvalue weighted by Gasteiger charge is 2.45. The molecule has 0 saturated carbocycles. The van der Waals surface area contributed by atoms with Crippen LogP contribution in [0.3, 0.4) is 0 Å². The van der Waals surface area contributed by atoms with E-state index in [0.29, 0.717) is 12.8 Å². The number of hydrogen-bond donors (Lipinski definition) is 0. The lowest BCUT2D eigenvalue weighted by Gasteiger charge is -2.29. The van der Waals surface area contributed by atoms with Crippen molar-refractivity contribution in [1.82, 2.24) is 0 Å². The lowest BCUT2D eigenvalue weighted by molar-refractivity contribution is -0.0992. The minimum absolute atomic E-state index is 0.223. The van der Waals surface area contributed by atoms with Crippen molar-refractivity contribution >= 4 is 11.8 Å². The Morgan fingerprint density at radius 2 is 1.76 bits per heavy atom. The molecule has 0 heterocycles. The average Bonchev–Trinajstić information content (AvgIpc) is 2.52. The Morgan fingerprint density at radius 3 is 2.28 bits per heavy atom. The van der Waals surface area contributed by atoms with Crippen molar-refractivity contribution in [3.63, 3.8) is 0 Å². The molecular weight excluding hydrogens is 362 g/mol. The molecule has 1 atom stereocenters. The number of alkyl halides is 6. The second kappa shape index (κ2) is 8.23. The zero-order chi connectivity index (χ0) is 18.7. The van der Waals surface area contributed by atoms with Gasteiger partial charge in [0.05, 0.1) is 5.57 Å². The summed E-state index contributed by atoms with van der Waals surface area (Å²) in [4.78, 5) is -0.610. The maximum absolute atomic E-state index is 13.2. The maximum atomic E-state index is 13.2. The molecule has 142 valence electrons.